The van der Waals surface area contributed by atoms with E-state index in [9.17, 15) is 9.59 Å². The largest absolute Gasteiger partial charge is 0.369 e. The zero-order valence-electron chi connectivity index (χ0n) is 14.7. The molecule has 4 rings (SSSR count). The highest BCUT2D eigenvalue weighted by Gasteiger charge is 2.38. The van der Waals surface area contributed by atoms with E-state index in [2.05, 4.69) is 25.9 Å². The number of piperidine rings is 1. The summed E-state index contributed by atoms with van der Waals surface area (Å²) in [4.78, 5) is 28.5. The van der Waals surface area contributed by atoms with Gasteiger partial charge < -0.3 is 10.6 Å². The summed E-state index contributed by atoms with van der Waals surface area (Å²) in [6.45, 7) is 3.21. The molecule has 2 amide bonds. The number of halogens is 1. The van der Waals surface area contributed by atoms with Crippen LogP contribution in [0.1, 0.15) is 23.3 Å². The fourth-order valence-electron chi connectivity index (χ4n) is 3.98. The second kappa shape index (κ2) is 6.66. The van der Waals surface area contributed by atoms with Crippen molar-refractivity contribution in [2.24, 2.45) is 18.7 Å². The molecule has 2 saturated heterocycles. The van der Waals surface area contributed by atoms with Crippen LogP contribution in [0.2, 0.25) is 0 Å². The molecule has 0 saturated carbocycles. The standard InChI is InChI=1S/C18H22BrN5O2/c1-22-16(14-3-2-12(19)8-15(14)21-22)18(26)24-9-13(10-24)23-6-4-11(5-7-23)17(20)25/h2-3,8,11,13H,4-7,9-10H2,1H3,(H2,20,25). The van der Waals surface area contributed by atoms with Crippen LogP contribution in [-0.2, 0) is 11.8 Å². The molecule has 2 aromatic rings. The molecule has 0 atom stereocenters. The summed E-state index contributed by atoms with van der Waals surface area (Å²) in [5.74, 6) is -0.158. The zero-order valence-corrected chi connectivity index (χ0v) is 16.3. The second-order valence-corrected chi connectivity index (χ2v) is 8.13. The number of fused-ring (bicyclic) bond motifs is 1. The lowest BCUT2D eigenvalue weighted by atomic mass is 9.93. The summed E-state index contributed by atoms with van der Waals surface area (Å²) in [5.41, 5.74) is 6.85. The molecule has 0 radical (unpaired) electrons. The average molecular weight is 420 g/mol. The number of hydrogen-bond acceptors (Lipinski definition) is 4. The number of carbonyl (C=O) groups is 2. The first-order valence-electron chi connectivity index (χ1n) is 8.89. The summed E-state index contributed by atoms with van der Waals surface area (Å²) in [7, 11) is 1.81. The Morgan fingerprint density at radius 1 is 1.23 bits per heavy atom. The van der Waals surface area contributed by atoms with Crippen molar-refractivity contribution in [3.8, 4) is 0 Å². The molecule has 0 unspecified atom stereocenters. The quantitative estimate of drug-likeness (QED) is 0.813. The van der Waals surface area contributed by atoms with Gasteiger partial charge in [0.2, 0.25) is 5.91 Å². The highest BCUT2D eigenvalue weighted by Crippen LogP contribution is 2.27. The Hall–Kier alpha value is -1.93. The van der Waals surface area contributed by atoms with Gasteiger partial charge in [-0.15, -0.1) is 0 Å². The second-order valence-electron chi connectivity index (χ2n) is 7.21. The molecule has 0 aliphatic carbocycles. The Labute approximate surface area is 160 Å². The topological polar surface area (TPSA) is 84.5 Å². The van der Waals surface area contributed by atoms with Gasteiger partial charge in [0.05, 0.1) is 5.52 Å². The molecule has 0 bridgehead atoms. The van der Waals surface area contributed by atoms with Crippen LogP contribution in [0.15, 0.2) is 22.7 Å². The summed E-state index contributed by atoms with van der Waals surface area (Å²) in [5, 5.41) is 5.34. The number of likely N-dealkylation sites (tertiary alicyclic amines) is 2. The maximum atomic E-state index is 13.0. The van der Waals surface area contributed by atoms with Gasteiger partial charge in [0.1, 0.15) is 5.69 Å². The van der Waals surface area contributed by atoms with Crippen molar-refractivity contribution in [3.63, 3.8) is 0 Å². The van der Waals surface area contributed by atoms with Crippen molar-refractivity contribution >= 4 is 38.6 Å². The Morgan fingerprint density at radius 3 is 2.58 bits per heavy atom. The van der Waals surface area contributed by atoms with Crippen molar-refractivity contribution in [2.45, 2.75) is 18.9 Å². The molecule has 0 spiro atoms. The van der Waals surface area contributed by atoms with Gasteiger partial charge in [0.25, 0.3) is 5.91 Å². The van der Waals surface area contributed by atoms with Gasteiger partial charge in [-0.2, -0.15) is 5.10 Å². The Kier molecular flexibility index (Phi) is 4.48. The number of aryl methyl sites for hydroxylation is 1. The van der Waals surface area contributed by atoms with E-state index in [0.29, 0.717) is 11.7 Å². The van der Waals surface area contributed by atoms with Crippen molar-refractivity contribution in [2.75, 3.05) is 26.2 Å². The monoisotopic (exact) mass is 419 g/mol. The molecular formula is C18H22BrN5O2. The van der Waals surface area contributed by atoms with Crippen LogP contribution in [0.25, 0.3) is 10.9 Å². The van der Waals surface area contributed by atoms with E-state index in [0.717, 1.165) is 54.4 Å². The van der Waals surface area contributed by atoms with Crippen molar-refractivity contribution in [3.05, 3.63) is 28.4 Å². The van der Waals surface area contributed by atoms with Crippen LogP contribution in [0.5, 0.6) is 0 Å². The van der Waals surface area contributed by atoms with Crippen LogP contribution >= 0.6 is 15.9 Å². The van der Waals surface area contributed by atoms with E-state index < -0.39 is 0 Å². The molecule has 7 nitrogen and oxygen atoms in total. The summed E-state index contributed by atoms with van der Waals surface area (Å²) < 4.78 is 2.62. The maximum Gasteiger partial charge on any atom is 0.272 e. The number of nitrogens with two attached hydrogens (primary N) is 1. The van der Waals surface area contributed by atoms with E-state index in [1.165, 1.54) is 0 Å². The highest BCUT2D eigenvalue weighted by atomic mass is 79.9. The van der Waals surface area contributed by atoms with Gasteiger partial charge in [-0.05, 0) is 44.1 Å². The Morgan fingerprint density at radius 2 is 1.92 bits per heavy atom. The first kappa shape index (κ1) is 17.5. The van der Waals surface area contributed by atoms with Gasteiger partial charge in [-0.3, -0.25) is 19.2 Å². The van der Waals surface area contributed by atoms with Gasteiger partial charge >= 0.3 is 0 Å². The Bertz CT molecular complexity index is 866. The van der Waals surface area contributed by atoms with E-state index in [1.807, 2.05) is 30.1 Å². The highest BCUT2D eigenvalue weighted by molar-refractivity contribution is 9.10. The predicted molar refractivity (Wildman–Crippen MR) is 102 cm³/mol. The van der Waals surface area contributed by atoms with Gasteiger partial charge in [-0.25, -0.2) is 0 Å². The van der Waals surface area contributed by atoms with Crippen molar-refractivity contribution in [1.82, 2.24) is 19.6 Å². The number of hydrogen-bond donors (Lipinski definition) is 1. The first-order chi connectivity index (χ1) is 12.4. The molecule has 1 aromatic heterocycles. The van der Waals surface area contributed by atoms with Crippen LogP contribution in [0.3, 0.4) is 0 Å². The Balaban J connectivity index is 1.41. The number of benzene rings is 1. The van der Waals surface area contributed by atoms with E-state index in [1.54, 1.807) is 4.68 Å². The number of rotatable bonds is 3. The molecular weight excluding hydrogens is 398 g/mol. The lowest BCUT2D eigenvalue weighted by Gasteiger charge is -2.47. The summed E-state index contributed by atoms with van der Waals surface area (Å²) in [6, 6.07) is 6.17. The maximum absolute atomic E-state index is 13.0. The number of primary amides is 1. The van der Waals surface area contributed by atoms with Crippen molar-refractivity contribution in [1.29, 1.82) is 0 Å². The molecule has 1 aromatic carbocycles. The van der Waals surface area contributed by atoms with Crippen LogP contribution in [0, 0.1) is 5.92 Å². The van der Waals surface area contributed by atoms with Crippen LogP contribution in [0.4, 0.5) is 0 Å². The lowest BCUT2D eigenvalue weighted by Crippen LogP contribution is -2.62. The molecule has 2 aliphatic rings. The average Bonchev–Trinajstić information content (AvgIpc) is 2.88. The third-order valence-corrected chi connectivity index (χ3v) is 6.09. The minimum atomic E-state index is -0.190. The molecule has 26 heavy (non-hydrogen) atoms. The van der Waals surface area contributed by atoms with Crippen LogP contribution < -0.4 is 5.73 Å². The van der Waals surface area contributed by atoms with E-state index in [4.69, 9.17) is 5.73 Å². The molecule has 2 fully saturated rings. The van der Waals surface area contributed by atoms with Gasteiger partial charge in [0, 0.05) is 42.0 Å². The fourth-order valence-corrected chi connectivity index (χ4v) is 4.33. The minimum Gasteiger partial charge on any atom is -0.369 e. The molecule has 3 heterocycles. The molecule has 138 valence electrons. The third kappa shape index (κ3) is 3.01. The summed E-state index contributed by atoms with van der Waals surface area (Å²) in [6.07, 6.45) is 1.64. The SMILES string of the molecule is Cn1nc2cc(Br)ccc2c1C(=O)N1CC(N2CCC(C(N)=O)CC2)C1. The number of amides is 2. The summed E-state index contributed by atoms with van der Waals surface area (Å²) >= 11 is 3.44. The number of aromatic nitrogens is 2. The molecule has 8 heteroatoms. The zero-order chi connectivity index (χ0) is 18.4. The fraction of sp³-hybridized carbons (Fsp3) is 0.500. The van der Waals surface area contributed by atoms with Crippen molar-refractivity contribution < 1.29 is 9.59 Å². The van der Waals surface area contributed by atoms with Gasteiger partial charge in [-0.1, -0.05) is 15.9 Å². The number of carbonyl (C=O) groups excluding carboxylic acids is 2. The predicted octanol–water partition coefficient (Wildman–Crippen LogP) is 1.36. The first-order valence-corrected chi connectivity index (χ1v) is 9.68. The van der Waals surface area contributed by atoms with Crippen LogP contribution in [-0.4, -0.2) is 63.6 Å². The van der Waals surface area contributed by atoms with Gasteiger partial charge in [0.15, 0.2) is 0 Å². The molecule has 2 aliphatic heterocycles. The normalized spacial score (nSPS) is 19.7. The number of nitrogens with zero attached hydrogens (tertiary/aromatic N) is 4. The third-order valence-electron chi connectivity index (χ3n) is 5.60. The van der Waals surface area contributed by atoms with E-state index in [-0.39, 0.29) is 17.7 Å². The lowest BCUT2D eigenvalue weighted by molar-refractivity contribution is -0.123. The molecule has 2 N–H and O–H groups in total. The smallest absolute Gasteiger partial charge is 0.272 e. The minimum absolute atomic E-state index is 0.00388. The van der Waals surface area contributed by atoms with E-state index >= 15 is 0 Å².